The highest BCUT2D eigenvalue weighted by molar-refractivity contribution is 6.35. The van der Waals surface area contributed by atoms with Crippen LogP contribution in [0.5, 0.6) is 0 Å². The van der Waals surface area contributed by atoms with E-state index in [-0.39, 0.29) is 5.97 Å². The van der Waals surface area contributed by atoms with E-state index in [2.05, 4.69) is 11.1 Å². The number of carbonyl (C=O) groups is 1. The van der Waals surface area contributed by atoms with E-state index in [0.717, 1.165) is 27.2 Å². The molecular formula is C17H15ClN2O2. The van der Waals surface area contributed by atoms with Crippen LogP contribution < -0.4 is 0 Å². The van der Waals surface area contributed by atoms with Gasteiger partial charge in [-0.1, -0.05) is 17.7 Å². The van der Waals surface area contributed by atoms with Crippen molar-refractivity contribution < 1.29 is 9.53 Å². The molecule has 0 radical (unpaired) electrons. The van der Waals surface area contributed by atoms with Gasteiger partial charge < -0.3 is 9.30 Å². The van der Waals surface area contributed by atoms with E-state index >= 15 is 0 Å². The Bertz CT molecular complexity index is 855. The Morgan fingerprint density at radius 3 is 2.91 bits per heavy atom. The zero-order chi connectivity index (χ0) is 15.7. The molecule has 0 saturated carbocycles. The average Bonchev–Trinajstić information content (AvgIpc) is 2.81. The fraction of sp³-hybridized carbons (Fsp3) is 0.176. The van der Waals surface area contributed by atoms with Crippen LogP contribution in [0.2, 0.25) is 5.02 Å². The number of aryl methyl sites for hydroxylation is 1. The lowest BCUT2D eigenvalue weighted by atomic mass is 10.1. The SMILES string of the molecule is COC(=O)c1ccnc(Cc2ccc3c(c2)c(Cl)cn3C)c1. The number of aromatic nitrogens is 2. The van der Waals surface area contributed by atoms with Gasteiger partial charge in [0.1, 0.15) is 0 Å². The first kappa shape index (κ1) is 14.6. The number of benzene rings is 1. The molecular weight excluding hydrogens is 300 g/mol. The number of pyridine rings is 1. The first-order valence-corrected chi connectivity index (χ1v) is 7.23. The van der Waals surface area contributed by atoms with Crippen molar-refractivity contribution in [1.29, 1.82) is 0 Å². The van der Waals surface area contributed by atoms with E-state index in [4.69, 9.17) is 16.3 Å². The number of fused-ring (bicyclic) bond motifs is 1. The lowest BCUT2D eigenvalue weighted by Gasteiger charge is -2.05. The Balaban J connectivity index is 1.93. The highest BCUT2D eigenvalue weighted by Crippen LogP contribution is 2.26. The van der Waals surface area contributed by atoms with Crippen molar-refractivity contribution >= 4 is 28.5 Å². The summed E-state index contributed by atoms with van der Waals surface area (Å²) in [4.78, 5) is 15.9. The summed E-state index contributed by atoms with van der Waals surface area (Å²) in [5.74, 6) is -0.356. The topological polar surface area (TPSA) is 44.1 Å². The molecule has 0 aliphatic heterocycles. The summed E-state index contributed by atoms with van der Waals surface area (Å²) in [6.45, 7) is 0. The smallest absolute Gasteiger partial charge is 0.337 e. The summed E-state index contributed by atoms with van der Waals surface area (Å²) in [6, 6.07) is 9.55. The average molecular weight is 315 g/mol. The van der Waals surface area contributed by atoms with Gasteiger partial charge in [-0.2, -0.15) is 0 Å². The minimum Gasteiger partial charge on any atom is -0.465 e. The molecule has 0 N–H and O–H groups in total. The third kappa shape index (κ3) is 2.70. The van der Waals surface area contributed by atoms with Gasteiger partial charge in [-0.25, -0.2) is 4.79 Å². The van der Waals surface area contributed by atoms with Gasteiger partial charge in [0, 0.05) is 42.5 Å². The molecule has 0 bridgehead atoms. The molecule has 5 heteroatoms. The van der Waals surface area contributed by atoms with Crippen LogP contribution in [0.1, 0.15) is 21.6 Å². The summed E-state index contributed by atoms with van der Waals surface area (Å²) in [7, 11) is 3.34. The number of rotatable bonds is 3. The second kappa shape index (κ2) is 5.81. The molecule has 0 aliphatic carbocycles. The van der Waals surface area contributed by atoms with Gasteiger partial charge in [-0.3, -0.25) is 4.98 Å². The molecule has 4 nitrogen and oxygen atoms in total. The van der Waals surface area contributed by atoms with Crippen LogP contribution in [0.15, 0.2) is 42.7 Å². The molecule has 2 aromatic heterocycles. The molecule has 0 atom stereocenters. The minimum atomic E-state index is -0.356. The quantitative estimate of drug-likeness (QED) is 0.694. The van der Waals surface area contributed by atoms with Gasteiger partial charge in [0.15, 0.2) is 0 Å². The van der Waals surface area contributed by atoms with Crippen molar-refractivity contribution in [3.05, 3.63) is 64.6 Å². The Morgan fingerprint density at radius 1 is 1.32 bits per heavy atom. The molecule has 0 unspecified atom stereocenters. The Kier molecular flexibility index (Phi) is 3.86. The van der Waals surface area contributed by atoms with Gasteiger partial charge >= 0.3 is 5.97 Å². The van der Waals surface area contributed by atoms with Gasteiger partial charge in [0.05, 0.1) is 17.7 Å². The molecule has 0 fully saturated rings. The van der Waals surface area contributed by atoms with Crippen LogP contribution in [0.3, 0.4) is 0 Å². The van der Waals surface area contributed by atoms with E-state index in [0.29, 0.717) is 12.0 Å². The van der Waals surface area contributed by atoms with E-state index in [1.54, 1.807) is 18.3 Å². The standard InChI is InChI=1S/C17H15ClN2O2/c1-20-10-15(18)14-8-11(3-4-16(14)20)7-13-9-12(5-6-19-13)17(21)22-2/h3-6,8-10H,7H2,1-2H3. The normalized spacial score (nSPS) is 10.9. The largest absolute Gasteiger partial charge is 0.465 e. The molecule has 1 aromatic carbocycles. The van der Waals surface area contributed by atoms with Crippen molar-refractivity contribution in [1.82, 2.24) is 9.55 Å². The van der Waals surface area contributed by atoms with Crippen molar-refractivity contribution in [2.45, 2.75) is 6.42 Å². The highest BCUT2D eigenvalue weighted by Gasteiger charge is 2.09. The molecule has 112 valence electrons. The summed E-state index contributed by atoms with van der Waals surface area (Å²) < 4.78 is 6.73. The molecule has 0 aliphatic rings. The van der Waals surface area contributed by atoms with Crippen molar-refractivity contribution in [3.63, 3.8) is 0 Å². The first-order chi connectivity index (χ1) is 10.6. The second-order valence-corrected chi connectivity index (χ2v) is 5.55. The molecule has 0 amide bonds. The zero-order valence-corrected chi connectivity index (χ0v) is 13.1. The number of hydrogen-bond donors (Lipinski definition) is 0. The zero-order valence-electron chi connectivity index (χ0n) is 12.3. The second-order valence-electron chi connectivity index (χ2n) is 5.14. The molecule has 3 aromatic rings. The van der Waals surface area contributed by atoms with E-state index in [1.807, 2.05) is 29.9 Å². The lowest BCUT2D eigenvalue weighted by molar-refractivity contribution is 0.0600. The van der Waals surface area contributed by atoms with E-state index < -0.39 is 0 Å². The van der Waals surface area contributed by atoms with Crippen LogP contribution in [0, 0.1) is 0 Å². The molecule has 22 heavy (non-hydrogen) atoms. The molecule has 3 rings (SSSR count). The van der Waals surface area contributed by atoms with Crippen molar-refractivity contribution in [2.75, 3.05) is 7.11 Å². The number of ether oxygens (including phenoxy) is 1. The Morgan fingerprint density at radius 2 is 2.14 bits per heavy atom. The fourth-order valence-electron chi connectivity index (χ4n) is 2.53. The molecule has 2 heterocycles. The predicted molar refractivity (Wildman–Crippen MR) is 86.3 cm³/mol. The predicted octanol–water partition coefficient (Wildman–Crippen LogP) is 3.60. The first-order valence-electron chi connectivity index (χ1n) is 6.85. The fourth-order valence-corrected chi connectivity index (χ4v) is 2.83. The van der Waals surface area contributed by atoms with Crippen LogP contribution in [0.4, 0.5) is 0 Å². The van der Waals surface area contributed by atoms with Crippen LogP contribution in [-0.4, -0.2) is 22.6 Å². The van der Waals surface area contributed by atoms with Gasteiger partial charge in [-0.05, 0) is 29.8 Å². The van der Waals surface area contributed by atoms with Crippen molar-refractivity contribution in [3.8, 4) is 0 Å². The minimum absolute atomic E-state index is 0.356. The summed E-state index contributed by atoms with van der Waals surface area (Å²) >= 11 is 6.24. The van der Waals surface area contributed by atoms with E-state index in [9.17, 15) is 4.79 Å². The third-order valence-electron chi connectivity index (χ3n) is 3.63. The van der Waals surface area contributed by atoms with Crippen LogP contribution in [0.25, 0.3) is 10.9 Å². The maximum Gasteiger partial charge on any atom is 0.337 e. The van der Waals surface area contributed by atoms with Crippen molar-refractivity contribution in [2.24, 2.45) is 7.05 Å². The number of hydrogen-bond acceptors (Lipinski definition) is 3. The maximum atomic E-state index is 11.6. The Hall–Kier alpha value is -2.33. The summed E-state index contributed by atoms with van der Waals surface area (Å²) in [5, 5.41) is 1.75. The number of carbonyl (C=O) groups excluding carboxylic acids is 1. The number of methoxy groups -OCH3 is 1. The van der Waals surface area contributed by atoms with Gasteiger partial charge in [-0.15, -0.1) is 0 Å². The Labute approximate surface area is 133 Å². The number of halogens is 1. The van der Waals surface area contributed by atoms with Crippen LogP contribution >= 0.6 is 11.6 Å². The monoisotopic (exact) mass is 314 g/mol. The lowest BCUT2D eigenvalue weighted by Crippen LogP contribution is -2.03. The van der Waals surface area contributed by atoms with E-state index in [1.165, 1.54) is 7.11 Å². The van der Waals surface area contributed by atoms with Crippen LogP contribution in [-0.2, 0) is 18.2 Å². The number of esters is 1. The summed E-state index contributed by atoms with van der Waals surface area (Å²) in [5.41, 5.74) is 3.50. The number of nitrogens with zero attached hydrogens (tertiary/aromatic N) is 2. The highest BCUT2D eigenvalue weighted by atomic mass is 35.5. The van der Waals surface area contributed by atoms with Gasteiger partial charge in [0.25, 0.3) is 0 Å². The molecule has 0 spiro atoms. The molecule has 0 saturated heterocycles. The third-order valence-corrected chi connectivity index (χ3v) is 3.93. The summed E-state index contributed by atoms with van der Waals surface area (Å²) in [6.07, 6.45) is 4.15. The van der Waals surface area contributed by atoms with Gasteiger partial charge in [0.2, 0.25) is 0 Å². The maximum absolute atomic E-state index is 11.6.